The average molecular weight is 277 g/mol. The first-order valence-electron chi connectivity index (χ1n) is 5.82. The second-order valence-electron chi connectivity index (χ2n) is 3.76. The van der Waals surface area contributed by atoms with Gasteiger partial charge in [0.2, 0.25) is 0 Å². The van der Waals surface area contributed by atoms with Gasteiger partial charge >= 0.3 is 0 Å². The molecule has 0 saturated heterocycles. The van der Waals surface area contributed by atoms with Crippen molar-refractivity contribution in [3.8, 4) is 11.5 Å². The number of nitrogens with two attached hydrogens (primary N) is 1. The van der Waals surface area contributed by atoms with Crippen molar-refractivity contribution in [2.75, 3.05) is 6.61 Å². The van der Waals surface area contributed by atoms with E-state index in [1.807, 2.05) is 6.92 Å². The van der Waals surface area contributed by atoms with Gasteiger partial charge in [0.05, 0.1) is 17.0 Å². The molecular weight excluding hydrogens is 262 g/mol. The smallest absolute Gasteiger partial charge is 0.161 e. The predicted octanol–water partition coefficient (Wildman–Crippen LogP) is 2.40. The maximum atomic E-state index is 7.43. The fourth-order valence-electron chi connectivity index (χ4n) is 1.53. The van der Waals surface area contributed by atoms with Gasteiger partial charge in [-0.1, -0.05) is 0 Å². The molecule has 0 aliphatic carbocycles. The zero-order valence-corrected chi connectivity index (χ0v) is 11.4. The molecule has 1 aromatic heterocycles. The molecule has 100 valence electrons. The minimum absolute atomic E-state index is 0.00922. The largest absolute Gasteiger partial charge is 0.490 e. The van der Waals surface area contributed by atoms with Crippen molar-refractivity contribution in [1.82, 2.24) is 4.98 Å². The van der Waals surface area contributed by atoms with Crippen LogP contribution in [0.3, 0.4) is 0 Å². The Labute approximate surface area is 115 Å². The number of hydrogen-bond donors (Lipinski definition) is 2. The molecule has 2 aromatic rings. The van der Waals surface area contributed by atoms with Crippen LogP contribution in [0.15, 0.2) is 29.9 Å². The molecule has 0 amide bonds. The van der Waals surface area contributed by atoms with Crippen LogP contribution in [0, 0.1) is 5.41 Å². The zero-order valence-electron chi connectivity index (χ0n) is 10.6. The SMILES string of the molecule is CCOc1cc(C(=N)N)ccc1OCc1cncs1. The van der Waals surface area contributed by atoms with Crippen LogP contribution in [0.5, 0.6) is 11.5 Å². The molecule has 0 spiro atoms. The number of aromatic nitrogens is 1. The quantitative estimate of drug-likeness (QED) is 0.627. The molecule has 6 heteroatoms. The summed E-state index contributed by atoms with van der Waals surface area (Å²) in [5.41, 5.74) is 7.84. The average Bonchev–Trinajstić information content (AvgIpc) is 2.90. The van der Waals surface area contributed by atoms with Gasteiger partial charge in [-0.15, -0.1) is 11.3 Å². The molecule has 0 aliphatic heterocycles. The minimum atomic E-state index is 0.00922. The van der Waals surface area contributed by atoms with Crippen LogP contribution < -0.4 is 15.2 Å². The van der Waals surface area contributed by atoms with E-state index in [0.717, 1.165) is 4.88 Å². The van der Waals surface area contributed by atoms with E-state index in [-0.39, 0.29) is 5.84 Å². The molecule has 0 atom stereocenters. The highest BCUT2D eigenvalue weighted by Crippen LogP contribution is 2.29. The summed E-state index contributed by atoms with van der Waals surface area (Å²) in [6, 6.07) is 5.23. The van der Waals surface area contributed by atoms with Crippen LogP contribution in [0.25, 0.3) is 0 Å². The lowest BCUT2D eigenvalue weighted by molar-refractivity contribution is 0.271. The van der Waals surface area contributed by atoms with Crippen LogP contribution in [-0.2, 0) is 6.61 Å². The Bertz CT molecular complexity index is 555. The molecule has 0 unspecified atom stereocenters. The van der Waals surface area contributed by atoms with E-state index in [1.165, 1.54) is 11.3 Å². The molecule has 0 saturated carbocycles. The van der Waals surface area contributed by atoms with Gasteiger partial charge in [-0.05, 0) is 25.1 Å². The first kappa shape index (κ1) is 13.4. The molecule has 1 heterocycles. The fraction of sp³-hybridized carbons (Fsp3) is 0.231. The number of ether oxygens (including phenoxy) is 2. The number of nitrogens with zero attached hydrogens (tertiary/aromatic N) is 1. The fourth-order valence-corrected chi connectivity index (χ4v) is 2.03. The number of rotatable bonds is 6. The van der Waals surface area contributed by atoms with Crippen LogP contribution in [0.2, 0.25) is 0 Å². The topological polar surface area (TPSA) is 81.2 Å². The first-order valence-corrected chi connectivity index (χ1v) is 6.70. The van der Waals surface area contributed by atoms with Gasteiger partial charge in [0.25, 0.3) is 0 Å². The lowest BCUT2D eigenvalue weighted by Crippen LogP contribution is -2.11. The lowest BCUT2D eigenvalue weighted by atomic mass is 10.2. The van der Waals surface area contributed by atoms with Gasteiger partial charge in [0.1, 0.15) is 12.4 Å². The summed E-state index contributed by atoms with van der Waals surface area (Å²) in [6.45, 7) is 2.87. The number of benzene rings is 1. The molecule has 0 aliphatic rings. The van der Waals surface area contributed by atoms with Gasteiger partial charge in [-0.2, -0.15) is 0 Å². The van der Waals surface area contributed by atoms with Crippen molar-refractivity contribution in [2.45, 2.75) is 13.5 Å². The maximum Gasteiger partial charge on any atom is 0.161 e. The van der Waals surface area contributed by atoms with Gasteiger partial charge in [0.15, 0.2) is 11.5 Å². The molecule has 0 radical (unpaired) electrons. The number of nitrogen functional groups attached to an aromatic ring is 1. The summed E-state index contributed by atoms with van der Waals surface area (Å²) in [5.74, 6) is 1.25. The summed E-state index contributed by atoms with van der Waals surface area (Å²) in [4.78, 5) is 5.03. The highest BCUT2D eigenvalue weighted by Gasteiger charge is 2.08. The first-order chi connectivity index (χ1) is 9.20. The Hall–Kier alpha value is -2.08. The summed E-state index contributed by atoms with van der Waals surface area (Å²) in [7, 11) is 0. The molecule has 19 heavy (non-hydrogen) atoms. The van der Waals surface area contributed by atoms with Crippen LogP contribution >= 0.6 is 11.3 Å². The molecule has 1 aromatic carbocycles. The monoisotopic (exact) mass is 277 g/mol. The molecule has 2 rings (SSSR count). The highest BCUT2D eigenvalue weighted by atomic mass is 32.1. The van der Waals surface area contributed by atoms with E-state index in [9.17, 15) is 0 Å². The Morgan fingerprint density at radius 2 is 2.21 bits per heavy atom. The van der Waals surface area contributed by atoms with Crippen molar-refractivity contribution in [3.63, 3.8) is 0 Å². The second kappa shape index (κ2) is 6.19. The van der Waals surface area contributed by atoms with Crippen molar-refractivity contribution in [3.05, 3.63) is 40.3 Å². The van der Waals surface area contributed by atoms with E-state index in [0.29, 0.717) is 30.3 Å². The Morgan fingerprint density at radius 3 is 2.84 bits per heavy atom. The molecule has 3 N–H and O–H groups in total. The highest BCUT2D eigenvalue weighted by molar-refractivity contribution is 7.09. The Morgan fingerprint density at radius 1 is 1.37 bits per heavy atom. The zero-order chi connectivity index (χ0) is 13.7. The van der Waals surface area contributed by atoms with Crippen LogP contribution in [-0.4, -0.2) is 17.4 Å². The van der Waals surface area contributed by atoms with E-state index in [2.05, 4.69) is 4.98 Å². The summed E-state index contributed by atoms with van der Waals surface area (Å²) in [5, 5.41) is 7.43. The third-order valence-electron chi connectivity index (χ3n) is 2.41. The Kier molecular flexibility index (Phi) is 4.35. The van der Waals surface area contributed by atoms with E-state index in [1.54, 1.807) is 29.9 Å². The van der Waals surface area contributed by atoms with Crippen molar-refractivity contribution < 1.29 is 9.47 Å². The minimum Gasteiger partial charge on any atom is -0.490 e. The third kappa shape index (κ3) is 3.45. The van der Waals surface area contributed by atoms with Gasteiger partial charge in [-0.25, -0.2) is 0 Å². The van der Waals surface area contributed by atoms with Crippen molar-refractivity contribution >= 4 is 17.2 Å². The van der Waals surface area contributed by atoms with Gasteiger partial charge in [-0.3, -0.25) is 10.4 Å². The third-order valence-corrected chi connectivity index (χ3v) is 3.16. The number of nitrogens with one attached hydrogen (secondary N) is 1. The summed E-state index contributed by atoms with van der Waals surface area (Å²) < 4.78 is 11.2. The van der Waals surface area contributed by atoms with Crippen molar-refractivity contribution in [1.29, 1.82) is 5.41 Å². The molecule has 0 bridgehead atoms. The van der Waals surface area contributed by atoms with E-state index >= 15 is 0 Å². The Balaban J connectivity index is 2.16. The van der Waals surface area contributed by atoms with Crippen LogP contribution in [0.1, 0.15) is 17.4 Å². The van der Waals surface area contributed by atoms with Gasteiger partial charge in [0, 0.05) is 11.8 Å². The standard InChI is InChI=1S/C13H15N3O2S/c1-2-17-12-5-9(13(14)15)3-4-11(12)18-7-10-6-16-8-19-10/h3-6,8H,2,7H2,1H3,(H3,14,15). The normalized spacial score (nSPS) is 10.2. The van der Waals surface area contributed by atoms with Gasteiger partial charge < -0.3 is 15.2 Å². The van der Waals surface area contributed by atoms with E-state index in [4.69, 9.17) is 20.6 Å². The number of amidine groups is 1. The second-order valence-corrected chi connectivity index (χ2v) is 4.74. The maximum absolute atomic E-state index is 7.43. The summed E-state index contributed by atoms with van der Waals surface area (Å²) in [6.07, 6.45) is 1.77. The molecule has 0 fully saturated rings. The summed E-state index contributed by atoms with van der Waals surface area (Å²) >= 11 is 1.54. The van der Waals surface area contributed by atoms with Crippen LogP contribution in [0.4, 0.5) is 0 Å². The molecular formula is C13H15N3O2S. The lowest BCUT2D eigenvalue weighted by Gasteiger charge is -2.12. The van der Waals surface area contributed by atoms with Crippen molar-refractivity contribution in [2.24, 2.45) is 5.73 Å². The number of thiazole rings is 1. The van der Waals surface area contributed by atoms with E-state index < -0.39 is 0 Å². The number of hydrogen-bond acceptors (Lipinski definition) is 5. The predicted molar refractivity (Wildman–Crippen MR) is 75.1 cm³/mol. The molecule has 5 nitrogen and oxygen atoms in total.